The fourth-order valence-electron chi connectivity index (χ4n) is 1.63. The van der Waals surface area contributed by atoms with Gasteiger partial charge < -0.3 is 15.8 Å². The molecule has 1 aliphatic rings. The Morgan fingerprint density at radius 1 is 1.50 bits per heavy atom. The maximum atomic E-state index is 10.6. The summed E-state index contributed by atoms with van der Waals surface area (Å²) in [6.45, 7) is 2.14. The van der Waals surface area contributed by atoms with Crippen molar-refractivity contribution in [1.82, 2.24) is 0 Å². The lowest BCUT2D eigenvalue weighted by molar-refractivity contribution is -0.383. The molecule has 0 atom stereocenters. The van der Waals surface area contributed by atoms with E-state index in [1.165, 1.54) is 18.9 Å². The van der Waals surface area contributed by atoms with Gasteiger partial charge in [0.25, 0.3) is 5.69 Å². The molecule has 6 nitrogen and oxygen atoms in total. The van der Waals surface area contributed by atoms with Crippen LogP contribution < -0.4 is 11.1 Å². The first kappa shape index (κ1) is 12.6. The molecule has 0 amide bonds. The number of hydrogen-bond acceptors (Lipinski definition) is 5. The zero-order valence-corrected chi connectivity index (χ0v) is 10.1. The van der Waals surface area contributed by atoms with Crippen molar-refractivity contribution in [2.45, 2.75) is 12.8 Å². The molecular formula is C12H17N3O3. The molecule has 0 aliphatic heterocycles. The zero-order chi connectivity index (χ0) is 13.0. The molecule has 0 heterocycles. The quantitative estimate of drug-likeness (QED) is 0.335. The van der Waals surface area contributed by atoms with E-state index in [-0.39, 0.29) is 11.4 Å². The molecule has 0 aromatic heterocycles. The van der Waals surface area contributed by atoms with Crippen LogP contribution in [0.25, 0.3) is 0 Å². The third-order valence-electron chi connectivity index (χ3n) is 2.85. The van der Waals surface area contributed by atoms with Crippen molar-refractivity contribution < 1.29 is 9.66 Å². The summed E-state index contributed by atoms with van der Waals surface area (Å²) in [6.07, 6.45) is 2.57. The van der Waals surface area contributed by atoms with E-state index < -0.39 is 4.92 Å². The van der Waals surface area contributed by atoms with Crippen LogP contribution >= 0.6 is 0 Å². The van der Waals surface area contributed by atoms with Gasteiger partial charge in [0.1, 0.15) is 5.69 Å². The molecule has 6 heteroatoms. The number of benzene rings is 1. The number of nitro groups is 1. The van der Waals surface area contributed by atoms with Crippen LogP contribution in [0.3, 0.4) is 0 Å². The molecule has 0 radical (unpaired) electrons. The van der Waals surface area contributed by atoms with Gasteiger partial charge in [-0.25, -0.2) is 0 Å². The molecule has 1 aromatic rings. The van der Waals surface area contributed by atoms with Gasteiger partial charge in [-0.05, 0) is 30.9 Å². The molecule has 0 bridgehead atoms. The number of hydrogen-bond donors (Lipinski definition) is 2. The van der Waals surface area contributed by atoms with Crippen molar-refractivity contribution in [3.05, 3.63) is 28.3 Å². The Morgan fingerprint density at radius 2 is 2.28 bits per heavy atom. The van der Waals surface area contributed by atoms with Gasteiger partial charge in [0, 0.05) is 24.9 Å². The Hall–Kier alpha value is -1.82. The van der Waals surface area contributed by atoms with Crippen LogP contribution in [-0.4, -0.2) is 24.7 Å². The van der Waals surface area contributed by atoms with Crippen LogP contribution in [0.1, 0.15) is 12.8 Å². The van der Waals surface area contributed by atoms with E-state index in [0.717, 1.165) is 18.2 Å². The average Bonchev–Trinajstić information content (AvgIpc) is 3.12. The maximum absolute atomic E-state index is 10.6. The van der Waals surface area contributed by atoms with Gasteiger partial charge in [0.2, 0.25) is 0 Å². The lowest BCUT2D eigenvalue weighted by atomic mass is 10.2. The topological polar surface area (TPSA) is 90.4 Å². The second kappa shape index (κ2) is 5.68. The van der Waals surface area contributed by atoms with E-state index in [1.807, 2.05) is 0 Å². The van der Waals surface area contributed by atoms with Crippen LogP contribution in [0.15, 0.2) is 18.2 Å². The first-order chi connectivity index (χ1) is 8.66. The van der Waals surface area contributed by atoms with Gasteiger partial charge in [-0.1, -0.05) is 0 Å². The largest absolute Gasteiger partial charge is 0.393 e. The number of nitro benzene ring substituents is 1. The first-order valence-electron chi connectivity index (χ1n) is 6.02. The lowest BCUT2D eigenvalue weighted by Crippen LogP contribution is -2.10. The van der Waals surface area contributed by atoms with Gasteiger partial charge in [0.05, 0.1) is 11.5 Å². The summed E-state index contributed by atoms with van der Waals surface area (Å²) >= 11 is 0. The van der Waals surface area contributed by atoms with Crippen LogP contribution in [-0.2, 0) is 4.74 Å². The molecule has 2 rings (SSSR count). The normalized spacial score (nSPS) is 14.4. The van der Waals surface area contributed by atoms with Crippen molar-refractivity contribution in [3.63, 3.8) is 0 Å². The molecule has 0 saturated heterocycles. The predicted octanol–water partition coefficient (Wildman–Crippen LogP) is 2.02. The highest BCUT2D eigenvalue weighted by atomic mass is 16.6. The Labute approximate surface area is 105 Å². The molecule has 0 spiro atoms. The second-order valence-electron chi connectivity index (χ2n) is 4.48. The third kappa shape index (κ3) is 3.59. The van der Waals surface area contributed by atoms with Crippen molar-refractivity contribution in [3.8, 4) is 0 Å². The minimum atomic E-state index is -0.488. The van der Waals surface area contributed by atoms with E-state index in [0.29, 0.717) is 13.2 Å². The SMILES string of the molecule is Nc1cc(NCCOCC2CC2)ccc1[N+](=O)[O-]. The van der Waals surface area contributed by atoms with Crippen molar-refractivity contribution in [2.75, 3.05) is 30.8 Å². The molecule has 1 aliphatic carbocycles. The Balaban J connectivity index is 1.74. The summed E-state index contributed by atoms with van der Waals surface area (Å²) in [4.78, 5) is 10.1. The highest BCUT2D eigenvalue weighted by Crippen LogP contribution is 2.28. The van der Waals surface area contributed by atoms with Crippen molar-refractivity contribution in [1.29, 1.82) is 0 Å². The van der Waals surface area contributed by atoms with Gasteiger partial charge in [0.15, 0.2) is 0 Å². The van der Waals surface area contributed by atoms with Gasteiger partial charge in [-0.3, -0.25) is 10.1 Å². The number of nitrogen functional groups attached to an aromatic ring is 1. The summed E-state index contributed by atoms with van der Waals surface area (Å²) in [7, 11) is 0. The Bertz CT molecular complexity index is 433. The van der Waals surface area contributed by atoms with Crippen molar-refractivity contribution in [2.24, 2.45) is 5.92 Å². The maximum Gasteiger partial charge on any atom is 0.292 e. The van der Waals surface area contributed by atoms with Gasteiger partial charge in [-0.15, -0.1) is 0 Å². The molecule has 1 fully saturated rings. The van der Waals surface area contributed by atoms with E-state index in [9.17, 15) is 10.1 Å². The van der Waals surface area contributed by atoms with Crippen LogP contribution in [0.4, 0.5) is 17.1 Å². The average molecular weight is 251 g/mol. The molecule has 18 heavy (non-hydrogen) atoms. The highest BCUT2D eigenvalue weighted by molar-refractivity contribution is 5.65. The predicted molar refractivity (Wildman–Crippen MR) is 69.5 cm³/mol. The smallest absolute Gasteiger partial charge is 0.292 e. The number of ether oxygens (including phenoxy) is 1. The Morgan fingerprint density at radius 3 is 2.89 bits per heavy atom. The third-order valence-corrected chi connectivity index (χ3v) is 2.85. The number of nitrogens with two attached hydrogens (primary N) is 1. The van der Waals surface area contributed by atoms with Crippen LogP contribution in [0, 0.1) is 16.0 Å². The fraction of sp³-hybridized carbons (Fsp3) is 0.500. The van der Waals surface area contributed by atoms with Gasteiger partial charge in [-0.2, -0.15) is 0 Å². The summed E-state index contributed by atoms with van der Waals surface area (Å²) in [5.74, 6) is 0.764. The molecular weight excluding hydrogens is 234 g/mol. The number of rotatable bonds is 7. The number of nitrogens with one attached hydrogen (secondary N) is 1. The highest BCUT2D eigenvalue weighted by Gasteiger charge is 2.20. The van der Waals surface area contributed by atoms with Crippen LogP contribution in [0.5, 0.6) is 0 Å². The minimum absolute atomic E-state index is 0.0643. The molecule has 1 saturated carbocycles. The monoisotopic (exact) mass is 251 g/mol. The summed E-state index contributed by atoms with van der Waals surface area (Å²) in [5, 5.41) is 13.7. The van der Waals surface area contributed by atoms with E-state index in [1.54, 1.807) is 12.1 Å². The van der Waals surface area contributed by atoms with Crippen LogP contribution in [0.2, 0.25) is 0 Å². The molecule has 3 N–H and O–H groups in total. The summed E-state index contributed by atoms with van der Waals surface area (Å²) in [6, 6.07) is 4.62. The minimum Gasteiger partial charge on any atom is -0.393 e. The van der Waals surface area contributed by atoms with E-state index >= 15 is 0 Å². The zero-order valence-electron chi connectivity index (χ0n) is 10.1. The van der Waals surface area contributed by atoms with E-state index in [4.69, 9.17) is 10.5 Å². The molecule has 98 valence electrons. The molecule has 1 aromatic carbocycles. The first-order valence-corrected chi connectivity index (χ1v) is 6.02. The second-order valence-corrected chi connectivity index (χ2v) is 4.48. The summed E-state index contributed by atoms with van der Waals surface area (Å²) < 4.78 is 5.47. The Kier molecular flexibility index (Phi) is 3.99. The molecule has 0 unspecified atom stereocenters. The summed E-state index contributed by atoms with van der Waals surface area (Å²) in [5.41, 5.74) is 6.47. The number of nitrogens with zero attached hydrogens (tertiary/aromatic N) is 1. The van der Waals surface area contributed by atoms with Gasteiger partial charge >= 0.3 is 0 Å². The fourth-order valence-corrected chi connectivity index (χ4v) is 1.63. The lowest BCUT2D eigenvalue weighted by Gasteiger charge is -2.07. The van der Waals surface area contributed by atoms with E-state index in [2.05, 4.69) is 5.32 Å². The van der Waals surface area contributed by atoms with Crippen molar-refractivity contribution >= 4 is 17.1 Å². The number of anilines is 2. The standard InChI is InChI=1S/C12H17N3O3/c13-11-7-10(3-4-12(11)15(16)17)14-5-6-18-8-9-1-2-9/h3-4,7,9,14H,1-2,5-6,8,13H2.